The van der Waals surface area contributed by atoms with Gasteiger partial charge < -0.3 is 9.88 Å². The first-order chi connectivity index (χ1) is 9.63. The van der Waals surface area contributed by atoms with Gasteiger partial charge in [-0.1, -0.05) is 26.8 Å². The van der Waals surface area contributed by atoms with E-state index in [-0.39, 0.29) is 11.6 Å². The first kappa shape index (κ1) is 14.8. The van der Waals surface area contributed by atoms with Crippen LogP contribution in [0.5, 0.6) is 0 Å². The molecule has 0 aromatic carbocycles. The largest absolute Gasteiger partial charge is 0.358 e. The minimum Gasteiger partial charge on any atom is -0.358 e. The molecule has 0 aliphatic heterocycles. The molecule has 2 heterocycles. The van der Waals surface area contributed by atoms with Crippen LogP contribution in [0.3, 0.4) is 0 Å². The molecule has 4 nitrogen and oxygen atoms in total. The van der Waals surface area contributed by atoms with Gasteiger partial charge >= 0.3 is 0 Å². The molecule has 1 unspecified atom stereocenters. The van der Waals surface area contributed by atoms with Crippen LogP contribution in [0, 0.1) is 5.92 Å². The summed E-state index contributed by atoms with van der Waals surface area (Å²) in [4.78, 5) is 17.8. The summed E-state index contributed by atoms with van der Waals surface area (Å²) in [5, 5.41) is 5.37. The summed E-state index contributed by atoms with van der Waals surface area (Å²) in [6.07, 6.45) is 4.36. The van der Waals surface area contributed by atoms with Crippen LogP contribution in [-0.4, -0.2) is 9.55 Å². The number of nitrogens with one attached hydrogen (secondary N) is 1. The van der Waals surface area contributed by atoms with Crippen LogP contribution in [-0.2, 0) is 6.54 Å². The second-order valence-corrected chi connectivity index (χ2v) is 6.14. The van der Waals surface area contributed by atoms with E-state index in [9.17, 15) is 4.79 Å². The molecule has 20 heavy (non-hydrogen) atoms. The Morgan fingerprint density at radius 3 is 2.85 bits per heavy atom. The van der Waals surface area contributed by atoms with Gasteiger partial charge in [-0.3, -0.25) is 4.79 Å². The van der Waals surface area contributed by atoms with Crippen molar-refractivity contribution in [3.8, 4) is 0 Å². The second kappa shape index (κ2) is 6.70. The first-order valence-electron chi connectivity index (χ1n) is 6.98. The van der Waals surface area contributed by atoms with E-state index >= 15 is 0 Å². The highest BCUT2D eigenvalue weighted by Crippen LogP contribution is 2.28. The Labute approximate surface area is 123 Å². The molecule has 1 N–H and O–H groups in total. The number of aryl methyl sites for hydroxylation is 1. The molecule has 2 aromatic heterocycles. The Morgan fingerprint density at radius 1 is 1.45 bits per heavy atom. The van der Waals surface area contributed by atoms with Crippen molar-refractivity contribution >= 4 is 17.2 Å². The van der Waals surface area contributed by atoms with Gasteiger partial charge in [0.2, 0.25) is 0 Å². The maximum absolute atomic E-state index is 12.3. The fraction of sp³-hybridized carbons (Fsp3) is 0.467. The number of hydrogen-bond donors (Lipinski definition) is 1. The van der Waals surface area contributed by atoms with Crippen LogP contribution in [0.4, 0.5) is 5.82 Å². The quantitative estimate of drug-likeness (QED) is 0.885. The molecule has 0 amide bonds. The molecular formula is C15H21N3OS. The van der Waals surface area contributed by atoms with E-state index in [0.29, 0.717) is 11.7 Å². The normalized spacial score (nSPS) is 12.6. The predicted octanol–water partition coefficient (Wildman–Crippen LogP) is 3.52. The Hall–Kier alpha value is -1.62. The Morgan fingerprint density at radius 2 is 2.25 bits per heavy atom. The fourth-order valence-electron chi connectivity index (χ4n) is 2.15. The zero-order valence-corrected chi connectivity index (χ0v) is 13.0. The smallest absolute Gasteiger partial charge is 0.293 e. The summed E-state index contributed by atoms with van der Waals surface area (Å²) in [5.41, 5.74) is -0.0449. The maximum atomic E-state index is 12.3. The van der Waals surface area contributed by atoms with Crippen molar-refractivity contribution in [1.29, 1.82) is 0 Å². The molecule has 1 atom stereocenters. The minimum absolute atomic E-state index is 0.0449. The van der Waals surface area contributed by atoms with Crippen molar-refractivity contribution in [2.45, 2.75) is 39.8 Å². The lowest BCUT2D eigenvalue weighted by atomic mass is 10.0. The van der Waals surface area contributed by atoms with Gasteiger partial charge in [-0.2, -0.15) is 0 Å². The van der Waals surface area contributed by atoms with Crippen LogP contribution in [0.2, 0.25) is 0 Å². The number of hydrogen-bond acceptors (Lipinski definition) is 4. The minimum atomic E-state index is -0.0449. The molecule has 0 aliphatic rings. The van der Waals surface area contributed by atoms with Crippen molar-refractivity contribution in [1.82, 2.24) is 9.55 Å². The lowest BCUT2D eigenvalue weighted by Crippen LogP contribution is -2.27. The lowest BCUT2D eigenvalue weighted by Gasteiger charge is -2.21. The third-order valence-electron chi connectivity index (χ3n) is 3.19. The van der Waals surface area contributed by atoms with Gasteiger partial charge in [0.05, 0.1) is 6.04 Å². The summed E-state index contributed by atoms with van der Waals surface area (Å²) in [6.45, 7) is 7.07. The van der Waals surface area contributed by atoms with E-state index in [1.54, 1.807) is 28.3 Å². The predicted molar refractivity (Wildman–Crippen MR) is 84.3 cm³/mol. The molecule has 0 spiro atoms. The molecule has 2 aromatic rings. The Kier molecular flexibility index (Phi) is 4.95. The summed E-state index contributed by atoms with van der Waals surface area (Å²) >= 11 is 1.70. The first-order valence-corrected chi connectivity index (χ1v) is 7.86. The van der Waals surface area contributed by atoms with E-state index in [2.05, 4.69) is 42.5 Å². The Balaban J connectivity index is 2.28. The van der Waals surface area contributed by atoms with Crippen molar-refractivity contribution in [2.24, 2.45) is 5.92 Å². The third-order valence-corrected chi connectivity index (χ3v) is 4.14. The number of rotatable bonds is 6. The van der Waals surface area contributed by atoms with Crippen LogP contribution >= 0.6 is 11.3 Å². The number of aromatic nitrogens is 2. The molecule has 0 saturated carbocycles. The van der Waals surface area contributed by atoms with Crippen molar-refractivity contribution < 1.29 is 0 Å². The number of nitrogens with zero attached hydrogens (tertiary/aromatic N) is 2. The second-order valence-electron chi connectivity index (χ2n) is 5.16. The topological polar surface area (TPSA) is 46.9 Å². The summed E-state index contributed by atoms with van der Waals surface area (Å²) in [6, 6.07) is 4.24. The highest BCUT2D eigenvalue weighted by molar-refractivity contribution is 7.10. The van der Waals surface area contributed by atoms with Gasteiger partial charge in [-0.15, -0.1) is 11.3 Å². The van der Waals surface area contributed by atoms with Gasteiger partial charge in [0, 0.05) is 23.8 Å². The zero-order valence-electron chi connectivity index (χ0n) is 12.2. The highest BCUT2D eigenvalue weighted by Gasteiger charge is 2.18. The Bertz CT molecular complexity index is 589. The number of anilines is 1. The summed E-state index contributed by atoms with van der Waals surface area (Å²) in [7, 11) is 0. The van der Waals surface area contributed by atoms with Crippen LogP contribution in [0.25, 0.3) is 0 Å². The highest BCUT2D eigenvalue weighted by atomic mass is 32.1. The summed E-state index contributed by atoms with van der Waals surface area (Å²) < 4.78 is 1.71. The lowest BCUT2D eigenvalue weighted by molar-refractivity contribution is 0.549. The molecule has 0 bridgehead atoms. The van der Waals surface area contributed by atoms with Gasteiger partial charge in [0.1, 0.15) is 0 Å². The van der Waals surface area contributed by atoms with E-state index in [1.807, 2.05) is 6.07 Å². The van der Waals surface area contributed by atoms with Gasteiger partial charge in [-0.05, 0) is 23.8 Å². The molecule has 0 saturated heterocycles. The van der Waals surface area contributed by atoms with Gasteiger partial charge in [0.25, 0.3) is 5.56 Å². The van der Waals surface area contributed by atoms with Crippen LogP contribution in [0.15, 0.2) is 34.7 Å². The zero-order chi connectivity index (χ0) is 14.5. The van der Waals surface area contributed by atoms with Crippen LogP contribution in [0.1, 0.15) is 38.1 Å². The molecular weight excluding hydrogens is 270 g/mol. The maximum Gasteiger partial charge on any atom is 0.293 e. The summed E-state index contributed by atoms with van der Waals surface area (Å²) in [5.74, 6) is 0.822. The molecule has 0 aliphatic carbocycles. The van der Waals surface area contributed by atoms with Crippen molar-refractivity contribution in [3.05, 3.63) is 45.1 Å². The molecule has 0 radical (unpaired) electrons. The van der Waals surface area contributed by atoms with Crippen molar-refractivity contribution in [2.75, 3.05) is 5.32 Å². The fourth-order valence-corrected chi connectivity index (χ4v) is 3.09. The standard InChI is InChI=1S/C15H21N3OS/c1-4-8-18-9-7-16-14(15(18)19)17-13(11(2)3)12-6-5-10-20-12/h5-7,9-11,13H,4,8H2,1-3H3,(H,16,17). The average Bonchev–Trinajstić information content (AvgIpc) is 2.93. The molecule has 0 fully saturated rings. The van der Waals surface area contributed by atoms with E-state index in [4.69, 9.17) is 0 Å². The monoisotopic (exact) mass is 291 g/mol. The van der Waals surface area contributed by atoms with Gasteiger partial charge in [0.15, 0.2) is 5.82 Å². The molecule has 5 heteroatoms. The van der Waals surface area contributed by atoms with Crippen molar-refractivity contribution in [3.63, 3.8) is 0 Å². The van der Waals surface area contributed by atoms with E-state index < -0.39 is 0 Å². The molecule has 2 rings (SSSR count). The van der Waals surface area contributed by atoms with E-state index in [0.717, 1.165) is 13.0 Å². The number of thiophene rings is 1. The average molecular weight is 291 g/mol. The van der Waals surface area contributed by atoms with Gasteiger partial charge in [-0.25, -0.2) is 4.98 Å². The third kappa shape index (κ3) is 3.28. The molecule has 108 valence electrons. The van der Waals surface area contributed by atoms with Crippen LogP contribution < -0.4 is 10.9 Å². The SMILES string of the molecule is CCCn1ccnc(NC(c2cccs2)C(C)C)c1=O. The van der Waals surface area contributed by atoms with E-state index in [1.165, 1.54) is 4.88 Å².